The summed E-state index contributed by atoms with van der Waals surface area (Å²) in [6, 6.07) is 10.3. The lowest BCUT2D eigenvalue weighted by atomic mass is 10.1. The quantitative estimate of drug-likeness (QED) is 0.723. The monoisotopic (exact) mass is 365 g/mol. The van der Waals surface area contributed by atoms with Gasteiger partial charge in [-0.25, -0.2) is 9.97 Å². The molecule has 0 aliphatic rings. The van der Waals surface area contributed by atoms with E-state index >= 15 is 0 Å². The molecule has 0 atom stereocenters. The van der Waals surface area contributed by atoms with Crippen LogP contribution in [0, 0.1) is 0 Å². The summed E-state index contributed by atoms with van der Waals surface area (Å²) in [7, 11) is 0. The van der Waals surface area contributed by atoms with Gasteiger partial charge >= 0.3 is 0 Å². The molecular formula is C16H20BrN3S. The molecule has 0 saturated heterocycles. The normalized spacial score (nSPS) is 10.9. The smallest absolute Gasteiger partial charge is 0.144 e. The van der Waals surface area contributed by atoms with Gasteiger partial charge in [-0.15, -0.1) is 11.8 Å². The summed E-state index contributed by atoms with van der Waals surface area (Å²) in [4.78, 5) is 10.6. The number of nitrogens with zero attached hydrogens (tertiary/aromatic N) is 2. The Bertz CT molecular complexity index is 588. The third-order valence-corrected chi connectivity index (χ3v) is 4.72. The first kappa shape index (κ1) is 16.3. The fourth-order valence-electron chi connectivity index (χ4n) is 1.91. The van der Waals surface area contributed by atoms with Gasteiger partial charge < -0.3 is 5.32 Å². The molecule has 2 aromatic rings. The van der Waals surface area contributed by atoms with Crippen molar-refractivity contribution in [1.29, 1.82) is 0 Å². The van der Waals surface area contributed by atoms with Crippen LogP contribution in [-0.2, 0) is 5.75 Å². The van der Waals surface area contributed by atoms with Crippen molar-refractivity contribution in [1.82, 2.24) is 9.97 Å². The number of halogens is 1. The Hall–Kier alpha value is -1.07. The van der Waals surface area contributed by atoms with Gasteiger partial charge in [0, 0.05) is 11.4 Å². The Morgan fingerprint density at radius 1 is 1.19 bits per heavy atom. The van der Waals surface area contributed by atoms with Crippen LogP contribution < -0.4 is 5.32 Å². The van der Waals surface area contributed by atoms with Crippen LogP contribution in [0.3, 0.4) is 0 Å². The molecule has 0 spiro atoms. The standard InChI is InChI=1S/C16H20BrN3S/c1-4-18-16-14(17)15(11(2)3)19-13(20-16)10-21-12-8-6-5-7-9-12/h5-9,11H,4,10H2,1-3H3,(H,18,19,20). The zero-order valence-electron chi connectivity index (χ0n) is 12.6. The summed E-state index contributed by atoms with van der Waals surface area (Å²) >= 11 is 5.38. The number of aromatic nitrogens is 2. The van der Waals surface area contributed by atoms with Crippen LogP contribution in [0.1, 0.15) is 38.2 Å². The maximum atomic E-state index is 4.71. The highest BCUT2D eigenvalue weighted by molar-refractivity contribution is 9.10. The van der Waals surface area contributed by atoms with Gasteiger partial charge in [0.25, 0.3) is 0 Å². The SMILES string of the molecule is CCNc1nc(CSc2ccccc2)nc(C(C)C)c1Br. The highest BCUT2D eigenvalue weighted by atomic mass is 79.9. The zero-order valence-corrected chi connectivity index (χ0v) is 15.0. The van der Waals surface area contributed by atoms with Crippen molar-refractivity contribution >= 4 is 33.5 Å². The number of nitrogens with one attached hydrogen (secondary N) is 1. The summed E-state index contributed by atoms with van der Waals surface area (Å²) in [5.41, 5.74) is 1.06. The Morgan fingerprint density at radius 2 is 1.90 bits per heavy atom. The Balaban J connectivity index is 2.22. The maximum Gasteiger partial charge on any atom is 0.144 e. The van der Waals surface area contributed by atoms with E-state index < -0.39 is 0 Å². The minimum Gasteiger partial charge on any atom is -0.369 e. The van der Waals surface area contributed by atoms with Gasteiger partial charge in [-0.3, -0.25) is 0 Å². The maximum absolute atomic E-state index is 4.71. The highest BCUT2D eigenvalue weighted by Gasteiger charge is 2.14. The van der Waals surface area contributed by atoms with E-state index in [0.717, 1.165) is 34.1 Å². The molecule has 1 aromatic carbocycles. The Morgan fingerprint density at radius 3 is 2.52 bits per heavy atom. The molecule has 0 radical (unpaired) electrons. The van der Waals surface area contributed by atoms with Crippen LogP contribution in [0.15, 0.2) is 39.7 Å². The van der Waals surface area contributed by atoms with Crippen molar-refractivity contribution in [2.24, 2.45) is 0 Å². The third-order valence-electron chi connectivity index (χ3n) is 2.93. The lowest BCUT2D eigenvalue weighted by Crippen LogP contribution is -2.08. The number of hydrogen-bond acceptors (Lipinski definition) is 4. The molecule has 5 heteroatoms. The van der Waals surface area contributed by atoms with Crippen LogP contribution in [0.5, 0.6) is 0 Å². The minimum atomic E-state index is 0.361. The topological polar surface area (TPSA) is 37.8 Å². The molecule has 112 valence electrons. The second-order valence-corrected chi connectivity index (χ2v) is 6.82. The predicted octanol–water partition coefficient (Wildman–Crippen LogP) is 5.09. The fourth-order valence-corrected chi connectivity index (χ4v) is 3.46. The highest BCUT2D eigenvalue weighted by Crippen LogP contribution is 2.30. The van der Waals surface area contributed by atoms with Crippen LogP contribution in [0.2, 0.25) is 0 Å². The number of hydrogen-bond donors (Lipinski definition) is 1. The first-order chi connectivity index (χ1) is 10.1. The van der Waals surface area contributed by atoms with Gasteiger partial charge in [0.1, 0.15) is 11.6 Å². The molecule has 0 unspecified atom stereocenters. The van der Waals surface area contributed by atoms with E-state index in [1.54, 1.807) is 11.8 Å². The first-order valence-corrected chi connectivity index (χ1v) is 8.87. The Labute approximate surface area is 139 Å². The van der Waals surface area contributed by atoms with Crippen molar-refractivity contribution in [2.75, 3.05) is 11.9 Å². The summed E-state index contributed by atoms with van der Waals surface area (Å²) in [6.45, 7) is 7.22. The van der Waals surface area contributed by atoms with Gasteiger partial charge in [-0.2, -0.15) is 0 Å². The van der Waals surface area contributed by atoms with Crippen LogP contribution in [0.4, 0.5) is 5.82 Å². The molecule has 0 fully saturated rings. The predicted molar refractivity (Wildman–Crippen MR) is 94.0 cm³/mol. The van der Waals surface area contributed by atoms with Crippen LogP contribution in [-0.4, -0.2) is 16.5 Å². The fraction of sp³-hybridized carbons (Fsp3) is 0.375. The largest absolute Gasteiger partial charge is 0.369 e. The van der Waals surface area contributed by atoms with Crippen molar-refractivity contribution in [3.8, 4) is 0 Å². The van der Waals surface area contributed by atoms with Crippen molar-refractivity contribution in [2.45, 2.75) is 37.3 Å². The average Bonchev–Trinajstić information content (AvgIpc) is 2.49. The van der Waals surface area contributed by atoms with E-state index in [2.05, 4.69) is 59.1 Å². The van der Waals surface area contributed by atoms with Crippen molar-refractivity contribution in [3.05, 3.63) is 46.3 Å². The molecule has 0 aliphatic heterocycles. The van der Waals surface area contributed by atoms with Gasteiger partial charge in [0.05, 0.1) is 15.9 Å². The molecular weight excluding hydrogens is 346 g/mol. The number of benzene rings is 1. The molecule has 1 aromatic heterocycles. The van der Waals surface area contributed by atoms with E-state index in [-0.39, 0.29) is 0 Å². The minimum absolute atomic E-state index is 0.361. The summed E-state index contributed by atoms with van der Waals surface area (Å²) in [5.74, 6) is 2.89. The summed E-state index contributed by atoms with van der Waals surface area (Å²) in [6.07, 6.45) is 0. The molecule has 3 nitrogen and oxygen atoms in total. The average molecular weight is 366 g/mol. The first-order valence-electron chi connectivity index (χ1n) is 7.09. The molecule has 0 amide bonds. The van der Waals surface area contributed by atoms with Gasteiger partial charge in [-0.1, -0.05) is 32.0 Å². The van der Waals surface area contributed by atoms with Crippen molar-refractivity contribution in [3.63, 3.8) is 0 Å². The molecule has 0 saturated carbocycles. The molecule has 2 rings (SSSR count). The van der Waals surface area contributed by atoms with E-state index in [1.807, 2.05) is 18.2 Å². The molecule has 0 bridgehead atoms. The molecule has 0 aliphatic carbocycles. The van der Waals surface area contributed by atoms with Crippen molar-refractivity contribution < 1.29 is 0 Å². The van der Waals surface area contributed by atoms with E-state index in [1.165, 1.54) is 4.90 Å². The van der Waals surface area contributed by atoms with E-state index in [0.29, 0.717) is 5.92 Å². The molecule has 21 heavy (non-hydrogen) atoms. The second-order valence-electron chi connectivity index (χ2n) is 4.97. The second kappa shape index (κ2) is 7.80. The van der Waals surface area contributed by atoms with Crippen LogP contribution in [0.25, 0.3) is 0 Å². The molecule has 1 N–H and O–H groups in total. The van der Waals surface area contributed by atoms with Gasteiger partial charge in [-0.05, 0) is 40.9 Å². The number of anilines is 1. The van der Waals surface area contributed by atoms with Gasteiger partial charge in [0.2, 0.25) is 0 Å². The van der Waals surface area contributed by atoms with E-state index in [4.69, 9.17) is 4.98 Å². The summed E-state index contributed by atoms with van der Waals surface area (Å²) < 4.78 is 0.979. The number of rotatable bonds is 6. The Kier molecular flexibility index (Phi) is 6.06. The summed E-state index contributed by atoms with van der Waals surface area (Å²) in [5, 5.41) is 3.30. The van der Waals surface area contributed by atoms with Crippen LogP contribution >= 0.6 is 27.7 Å². The lowest BCUT2D eigenvalue weighted by Gasteiger charge is -2.14. The van der Waals surface area contributed by atoms with E-state index in [9.17, 15) is 0 Å². The lowest BCUT2D eigenvalue weighted by molar-refractivity contribution is 0.792. The zero-order chi connectivity index (χ0) is 15.2. The molecule has 1 heterocycles. The van der Waals surface area contributed by atoms with Gasteiger partial charge in [0.15, 0.2) is 0 Å². The number of thioether (sulfide) groups is 1. The third kappa shape index (κ3) is 4.45.